The van der Waals surface area contributed by atoms with Gasteiger partial charge in [-0.1, -0.05) is 5.16 Å². The van der Waals surface area contributed by atoms with E-state index in [-0.39, 0.29) is 12.1 Å². The van der Waals surface area contributed by atoms with Crippen molar-refractivity contribution in [3.8, 4) is 0 Å². The molecule has 2 atom stereocenters. The van der Waals surface area contributed by atoms with Crippen molar-refractivity contribution in [3.05, 3.63) is 11.7 Å². The Morgan fingerprint density at radius 3 is 3.00 bits per heavy atom. The van der Waals surface area contributed by atoms with Crippen molar-refractivity contribution in [2.45, 2.75) is 24.9 Å². The average Bonchev–Trinajstić information content (AvgIpc) is 2.91. The van der Waals surface area contributed by atoms with E-state index in [1.165, 1.54) is 0 Å². The van der Waals surface area contributed by atoms with Gasteiger partial charge in [0.15, 0.2) is 5.82 Å². The molecule has 1 fully saturated rings. The van der Waals surface area contributed by atoms with Crippen LogP contribution in [0.25, 0.3) is 0 Å². The number of likely N-dealkylation sites (N-methyl/N-ethyl adjacent to an activating group) is 2. The van der Waals surface area contributed by atoms with Gasteiger partial charge in [-0.2, -0.15) is 4.98 Å². The van der Waals surface area contributed by atoms with E-state index in [1.54, 1.807) is 7.11 Å². The van der Waals surface area contributed by atoms with Crippen LogP contribution in [-0.4, -0.2) is 67.4 Å². The third kappa shape index (κ3) is 3.76. The average molecular weight is 283 g/mol. The molecule has 0 bridgehead atoms. The van der Waals surface area contributed by atoms with Gasteiger partial charge in [0.1, 0.15) is 0 Å². The van der Waals surface area contributed by atoms with Crippen molar-refractivity contribution >= 4 is 0 Å². The van der Waals surface area contributed by atoms with Crippen LogP contribution < -0.4 is 5.73 Å². The van der Waals surface area contributed by atoms with E-state index in [4.69, 9.17) is 15.0 Å². The van der Waals surface area contributed by atoms with E-state index in [9.17, 15) is 0 Å². The highest BCUT2D eigenvalue weighted by molar-refractivity contribution is 5.00. The molecule has 0 amide bonds. The molecule has 0 radical (unpaired) electrons. The van der Waals surface area contributed by atoms with Gasteiger partial charge in [-0.15, -0.1) is 0 Å². The Bertz CT molecular complexity index is 411. The molecule has 114 valence electrons. The van der Waals surface area contributed by atoms with Crippen molar-refractivity contribution in [1.29, 1.82) is 0 Å². The zero-order chi connectivity index (χ0) is 14.5. The van der Waals surface area contributed by atoms with E-state index >= 15 is 0 Å². The Morgan fingerprint density at radius 2 is 2.25 bits per heavy atom. The molecule has 1 aliphatic heterocycles. The van der Waals surface area contributed by atoms with Crippen molar-refractivity contribution in [3.63, 3.8) is 0 Å². The van der Waals surface area contributed by atoms with Crippen LogP contribution in [0.2, 0.25) is 0 Å². The summed E-state index contributed by atoms with van der Waals surface area (Å²) in [6.45, 7) is 3.68. The van der Waals surface area contributed by atoms with E-state index in [1.807, 2.05) is 0 Å². The molecule has 2 rings (SSSR count). The van der Waals surface area contributed by atoms with Crippen LogP contribution in [0.3, 0.4) is 0 Å². The summed E-state index contributed by atoms with van der Waals surface area (Å²) in [5.74, 6) is 1.26. The highest BCUT2D eigenvalue weighted by Gasteiger charge is 2.28. The first-order chi connectivity index (χ1) is 9.61. The van der Waals surface area contributed by atoms with Crippen LogP contribution in [0.1, 0.15) is 36.6 Å². The molecule has 0 aliphatic carbocycles. The highest BCUT2D eigenvalue weighted by atomic mass is 16.5. The van der Waals surface area contributed by atoms with Gasteiger partial charge in [-0.25, -0.2) is 0 Å². The molecule has 1 saturated heterocycles. The van der Waals surface area contributed by atoms with Gasteiger partial charge >= 0.3 is 0 Å². The third-order valence-corrected chi connectivity index (χ3v) is 3.79. The maximum absolute atomic E-state index is 6.06. The Morgan fingerprint density at radius 1 is 1.45 bits per heavy atom. The number of rotatable bonds is 6. The molecular formula is C13H25N5O2. The first-order valence-corrected chi connectivity index (χ1v) is 7.08. The quantitative estimate of drug-likeness (QED) is 0.757. The number of aromatic nitrogens is 2. The minimum Gasteiger partial charge on any atom is -0.385 e. The third-order valence-electron chi connectivity index (χ3n) is 3.79. The Hall–Kier alpha value is -1.02. The molecule has 2 N–H and O–H groups in total. The number of piperazine rings is 1. The summed E-state index contributed by atoms with van der Waals surface area (Å²) < 4.78 is 10.3. The van der Waals surface area contributed by atoms with E-state index in [2.05, 4.69) is 34.0 Å². The van der Waals surface area contributed by atoms with Gasteiger partial charge in [0.25, 0.3) is 0 Å². The molecule has 0 aromatic carbocycles. The minimum absolute atomic E-state index is 0.178. The highest BCUT2D eigenvalue weighted by Crippen LogP contribution is 2.22. The first kappa shape index (κ1) is 15.4. The van der Waals surface area contributed by atoms with Gasteiger partial charge in [0.2, 0.25) is 5.89 Å². The molecule has 0 saturated carbocycles. The van der Waals surface area contributed by atoms with Gasteiger partial charge in [-0.05, 0) is 26.9 Å². The maximum atomic E-state index is 6.06. The number of hydrogen-bond acceptors (Lipinski definition) is 7. The SMILES string of the molecule is COCCCC(N)c1nc(C2CN(C)CCN2C)no1. The second kappa shape index (κ2) is 7.12. The van der Waals surface area contributed by atoms with Gasteiger partial charge in [0, 0.05) is 33.4 Å². The first-order valence-electron chi connectivity index (χ1n) is 7.08. The van der Waals surface area contributed by atoms with Crippen LogP contribution in [0, 0.1) is 0 Å². The molecule has 20 heavy (non-hydrogen) atoms. The van der Waals surface area contributed by atoms with Crippen molar-refractivity contribution in [2.24, 2.45) is 5.73 Å². The fourth-order valence-electron chi connectivity index (χ4n) is 2.39. The Labute approximate surface area is 120 Å². The standard InChI is InChI=1S/C13H25N5O2/c1-17-6-7-18(2)11(9-17)12-15-13(20-16-12)10(14)5-4-8-19-3/h10-11H,4-9,14H2,1-3H3. The molecule has 0 spiro atoms. The monoisotopic (exact) mass is 283 g/mol. The van der Waals surface area contributed by atoms with E-state index in [0.29, 0.717) is 12.5 Å². The van der Waals surface area contributed by atoms with Gasteiger partial charge in [0.05, 0.1) is 12.1 Å². The lowest BCUT2D eigenvalue weighted by molar-refractivity contribution is 0.108. The Balaban J connectivity index is 1.97. The van der Waals surface area contributed by atoms with Gasteiger partial charge < -0.3 is 19.9 Å². The number of methoxy groups -OCH3 is 1. The molecule has 2 unspecified atom stereocenters. The molecule has 7 nitrogen and oxygen atoms in total. The summed E-state index contributed by atoms with van der Waals surface area (Å²) in [5, 5.41) is 4.11. The number of ether oxygens (including phenoxy) is 1. The summed E-state index contributed by atoms with van der Waals surface area (Å²) in [6, 6.07) is -0.0320. The zero-order valence-corrected chi connectivity index (χ0v) is 12.6. The van der Waals surface area contributed by atoms with Crippen molar-refractivity contribution in [2.75, 3.05) is 47.4 Å². The largest absolute Gasteiger partial charge is 0.385 e. The smallest absolute Gasteiger partial charge is 0.243 e. The summed E-state index contributed by atoms with van der Waals surface area (Å²) in [7, 11) is 5.88. The zero-order valence-electron chi connectivity index (χ0n) is 12.6. The van der Waals surface area contributed by atoms with Crippen LogP contribution in [0.4, 0.5) is 0 Å². The summed E-state index contributed by atoms with van der Waals surface area (Å²) in [4.78, 5) is 9.02. The molecule has 2 heterocycles. The molecule has 1 aromatic rings. The second-order valence-electron chi connectivity index (χ2n) is 5.49. The lowest BCUT2D eigenvalue weighted by Crippen LogP contribution is -2.45. The summed E-state index contributed by atoms with van der Waals surface area (Å²) in [6.07, 6.45) is 1.68. The summed E-state index contributed by atoms with van der Waals surface area (Å²) in [5.41, 5.74) is 6.06. The number of nitrogens with two attached hydrogens (primary N) is 1. The molecular weight excluding hydrogens is 258 g/mol. The number of hydrogen-bond donors (Lipinski definition) is 1. The topological polar surface area (TPSA) is 80.7 Å². The summed E-state index contributed by atoms with van der Waals surface area (Å²) >= 11 is 0. The fourth-order valence-corrected chi connectivity index (χ4v) is 2.39. The van der Waals surface area contributed by atoms with Gasteiger partial charge in [-0.3, -0.25) is 4.90 Å². The normalized spacial score (nSPS) is 23.1. The van der Waals surface area contributed by atoms with Crippen LogP contribution in [-0.2, 0) is 4.74 Å². The lowest BCUT2D eigenvalue weighted by atomic mass is 10.1. The van der Waals surface area contributed by atoms with Crippen LogP contribution in [0.5, 0.6) is 0 Å². The van der Waals surface area contributed by atoms with Crippen molar-refractivity contribution in [1.82, 2.24) is 19.9 Å². The fraction of sp³-hybridized carbons (Fsp3) is 0.846. The maximum Gasteiger partial charge on any atom is 0.243 e. The molecule has 1 aliphatic rings. The predicted molar refractivity (Wildman–Crippen MR) is 75.2 cm³/mol. The van der Waals surface area contributed by atoms with E-state index in [0.717, 1.165) is 38.3 Å². The number of nitrogens with zero attached hydrogens (tertiary/aromatic N) is 4. The van der Waals surface area contributed by atoms with Crippen LogP contribution >= 0.6 is 0 Å². The van der Waals surface area contributed by atoms with Crippen LogP contribution in [0.15, 0.2) is 4.52 Å². The molecule has 7 heteroatoms. The van der Waals surface area contributed by atoms with Crippen molar-refractivity contribution < 1.29 is 9.26 Å². The molecule has 1 aromatic heterocycles. The predicted octanol–water partition coefficient (Wildman–Crippen LogP) is 0.414. The van der Waals surface area contributed by atoms with E-state index < -0.39 is 0 Å². The lowest BCUT2D eigenvalue weighted by Gasteiger charge is -2.35. The Kier molecular flexibility index (Phi) is 5.47. The second-order valence-corrected chi connectivity index (χ2v) is 5.49. The minimum atomic E-state index is -0.210.